The number of methoxy groups -OCH3 is 1. The lowest BCUT2D eigenvalue weighted by molar-refractivity contribution is 0.192. The molecule has 0 aliphatic heterocycles. The van der Waals surface area contributed by atoms with Crippen LogP contribution < -0.4 is 5.32 Å². The van der Waals surface area contributed by atoms with Crippen molar-refractivity contribution in [3.05, 3.63) is 42.4 Å². The first kappa shape index (κ1) is 22.4. The topological polar surface area (TPSA) is 65.5 Å². The van der Waals surface area contributed by atoms with E-state index in [1.54, 1.807) is 14.2 Å². The van der Waals surface area contributed by atoms with E-state index in [2.05, 4.69) is 37.3 Å². The summed E-state index contributed by atoms with van der Waals surface area (Å²) in [4.78, 5) is 14.3. The number of nitrogens with one attached hydrogen (secondary N) is 2. The highest BCUT2D eigenvalue weighted by Gasteiger charge is 2.09. The number of aromatic nitrogens is 2. The molecule has 2 rings (SSSR count). The van der Waals surface area contributed by atoms with Crippen molar-refractivity contribution in [2.24, 2.45) is 4.99 Å². The molecule has 0 saturated heterocycles. The number of ether oxygens (including phenoxy) is 1. The number of hydrogen-bond acceptors (Lipinski definition) is 3. The van der Waals surface area contributed by atoms with E-state index in [0.717, 1.165) is 55.5 Å². The van der Waals surface area contributed by atoms with Crippen LogP contribution in [0.25, 0.3) is 11.3 Å². The highest BCUT2D eigenvalue weighted by atomic mass is 127. The largest absolute Gasteiger partial charge is 0.385 e. The van der Waals surface area contributed by atoms with Crippen LogP contribution >= 0.6 is 24.0 Å². The molecule has 2 N–H and O–H groups in total. The molecule has 0 unspecified atom stereocenters. The highest BCUT2D eigenvalue weighted by molar-refractivity contribution is 14.0. The van der Waals surface area contributed by atoms with Gasteiger partial charge in [-0.25, -0.2) is 4.98 Å². The summed E-state index contributed by atoms with van der Waals surface area (Å²) in [6.07, 6.45) is 5.24. The lowest BCUT2D eigenvalue weighted by Crippen LogP contribution is -2.39. The standard InChI is InChI=1S/C19H29N5O.HI/c1-20-19(21-12-8-5-9-13-25-3)24(2)15-18-22-14-17(23-18)16-10-6-4-7-11-16;/h4,6-7,10-11,14H,5,8-9,12-13,15H2,1-3H3,(H,20,21)(H,22,23);1H. The van der Waals surface area contributed by atoms with E-state index in [4.69, 9.17) is 4.74 Å². The number of unbranched alkanes of at least 4 members (excludes halogenated alkanes) is 2. The van der Waals surface area contributed by atoms with Gasteiger partial charge in [-0.05, 0) is 24.8 Å². The summed E-state index contributed by atoms with van der Waals surface area (Å²) in [7, 11) is 5.57. The van der Waals surface area contributed by atoms with Gasteiger partial charge in [-0.15, -0.1) is 24.0 Å². The van der Waals surface area contributed by atoms with Crippen LogP contribution in [0.4, 0.5) is 0 Å². The molecule has 26 heavy (non-hydrogen) atoms. The van der Waals surface area contributed by atoms with Crippen molar-refractivity contribution in [1.82, 2.24) is 20.2 Å². The van der Waals surface area contributed by atoms with E-state index in [0.29, 0.717) is 6.54 Å². The van der Waals surface area contributed by atoms with E-state index >= 15 is 0 Å². The van der Waals surface area contributed by atoms with Gasteiger partial charge in [-0.1, -0.05) is 30.3 Å². The molecule has 0 radical (unpaired) electrons. The summed E-state index contributed by atoms with van der Waals surface area (Å²) in [5, 5.41) is 3.40. The van der Waals surface area contributed by atoms with Gasteiger partial charge in [0.25, 0.3) is 0 Å². The van der Waals surface area contributed by atoms with Crippen LogP contribution in [0.5, 0.6) is 0 Å². The Morgan fingerprint density at radius 3 is 2.69 bits per heavy atom. The third-order valence-electron chi connectivity index (χ3n) is 3.98. The van der Waals surface area contributed by atoms with Gasteiger partial charge in [0.1, 0.15) is 5.82 Å². The van der Waals surface area contributed by atoms with E-state index in [9.17, 15) is 0 Å². The smallest absolute Gasteiger partial charge is 0.193 e. The van der Waals surface area contributed by atoms with Crippen LogP contribution in [0.3, 0.4) is 0 Å². The number of nitrogens with zero attached hydrogens (tertiary/aromatic N) is 3. The Morgan fingerprint density at radius 2 is 2.00 bits per heavy atom. The van der Waals surface area contributed by atoms with Gasteiger partial charge < -0.3 is 19.9 Å². The van der Waals surface area contributed by atoms with Crippen molar-refractivity contribution in [2.75, 3.05) is 34.4 Å². The second kappa shape index (κ2) is 12.7. The Kier molecular flexibility index (Phi) is 11.0. The molecule has 0 aliphatic rings. The van der Waals surface area contributed by atoms with Crippen LogP contribution in [0, 0.1) is 0 Å². The zero-order valence-electron chi connectivity index (χ0n) is 15.9. The Labute approximate surface area is 173 Å². The highest BCUT2D eigenvalue weighted by Crippen LogP contribution is 2.16. The lowest BCUT2D eigenvalue weighted by Gasteiger charge is -2.21. The molecule has 0 amide bonds. The van der Waals surface area contributed by atoms with E-state index < -0.39 is 0 Å². The maximum atomic E-state index is 5.07. The molecule has 1 aromatic carbocycles. The van der Waals surface area contributed by atoms with Crippen molar-refractivity contribution >= 4 is 29.9 Å². The summed E-state index contributed by atoms with van der Waals surface area (Å²) >= 11 is 0. The number of H-pyrrole nitrogens is 1. The summed E-state index contributed by atoms with van der Waals surface area (Å²) in [5.41, 5.74) is 2.17. The third kappa shape index (κ3) is 7.33. The summed E-state index contributed by atoms with van der Waals surface area (Å²) in [5.74, 6) is 1.80. The minimum Gasteiger partial charge on any atom is -0.385 e. The zero-order chi connectivity index (χ0) is 17.9. The number of hydrogen-bond donors (Lipinski definition) is 2. The molecule has 0 bridgehead atoms. The fraction of sp³-hybridized carbons (Fsp3) is 0.474. The van der Waals surface area contributed by atoms with Crippen LogP contribution in [-0.2, 0) is 11.3 Å². The van der Waals surface area contributed by atoms with E-state index in [1.807, 2.05) is 31.4 Å². The first-order valence-corrected chi connectivity index (χ1v) is 8.74. The van der Waals surface area contributed by atoms with Crippen LogP contribution in [0.1, 0.15) is 25.1 Å². The molecule has 1 heterocycles. The molecule has 7 heteroatoms. The van der Waals surface area contributed by atoms with Crippen LogP contribution in [0.2, 0.25) is 0 Å². The fourth-order valence-corrected chi connectivity index (χ4v) is 2.64. The molecule has 0 fully saturated rings. The molecular formula is C19H30IN5O. The number of aromatic amines is 1. The number of halogens is 1. The Hall–Kier alpha value is -1.61. The summed E-state index contributed by atoms with van der Waals surface area (Å²) in [6.45, 7) is 2.42. The van der Waals surface area contributed by atoms with Gasteiger partial charge >= 0.3 is 0 Å². The normalized spacial score (nSPS) is 11.1. The van der Waals surface area contributed by atoms with Crippen molar-refractivity contribution in [3.8, 4) is 11.3 Å². The van der Waals surface area contributed by atoms with Gasteiger partial charge in [0.15, 0.2) is 5.96 Å². The predicted octanol–water partition coefficient (Wildman–Crippen LogP) is 3.52. The number of rotatable bonds is 9. The van der Waals surface area contributed by atoms with Crippen LogP contribution in [-0.4, -0.2) is 55.2 Å². The third-order valence-corrected chi connectivity index (χ3v) is 3.98. The van der Waals surface area contributed by atoms with E-state index in [1.165, 1.54) is 0 Å². The molecule has 0 saturated carbocycles. The van der Waals surface area contributed by atoms with Crippen molar-refractivity contribution in [2.45, 2.75) is 25.8 Å². The van der Waals surface area contributed by atoms with Gasteiger partial charge in [0.05, 0.1) is 18.4 Å². The van der Waals surface area contributed by atoms with Crippen molar-refractivity contribution in [3.63, 3.8) is 0 Å². The molecule has 144 valence electrons. The maximum Gasteiger partial charge on any atom is 0.193 e. The lowest BCUT2D eigenvalue weighted by atomic mass is 10.2. The zero-order valence-corrected chi connectivity index (χ0v) is 18.2. The molecule has 2 aromatic rings. The Morgan fingerprint density at radius 1 is 1.23 bits per heavy atom. The molecule has 6 nitrogen and oxygen atoms in total. The monoisotopic (exact) mass is 471 g/mol. The maximum absolute atomic E-state index is 5.07. The van der Waals surface area contributed by atoms with Crippen molar-refractivity contribution in [1.29, 1.82) is 0 Å². The number of guanidine groups is 1. The number of aliphatic imine (C=N–C) groups is 1. The van der Waals surface area contributed by atoms with E-state index in [-0.39, 0.29) is 24.0 Å². The Balaban J connectivity index is 0.00000338. The van der Waals surface area contributed by atoms with Gasteiger partial charge in [-0.2, -0.15) is 0 Å². The van der Waals surface area contributed by atoms with Gasteiger partial charge in [-0.3, -0.25) is 4.99 Å². The first-order valence-electron chi connectivity index (χ1n) is 8.74. The summed E-state index contributed by atoms with van der Waals surface area (Å²) in [6, 6.07) is 10.2. The minimum atomic E-state index is 0. The average Bonchev–Trinajstić information content (AvgIpc) is 3.10. The Bertz CT molecular complexity index is 644. The minimum absolute atomic E-state index is 0. The second-order valence-corrected chi connectivity index (χ2v) is 5.99. The molecule has 0 atom stereocenters. The van der Waals surface area contributed by atoms with Crippen LogP contribution in [0.15, 0.2) is 41.5 Å². The first-order chi connectivity index (χ1) is 12.2. The molecular weight excluding hydrogens is 441 g/mol. The molecule has 0 spiro atoms. The van der Waals surface area contributed by atoms with Gasteiger partial charge in [0, 0.05) is 34.4 Å². The number of benzene rings is 1. The summed E-state index contributed by atoms with van der Waals surface area (Å²) < 4.78 is 5.07. The predicted molar refractivity (Wildman–Crippen MR) is 118 cm³/mol. The molecule has 0 aliphatic carbocycles. The quantitative estimate of drug-likeness (QED) is 0.254. The fourth-order valence-electron chi connectivity index (χ4n) is 2.64. The molecule has 1 aromatic heterocycles. The number of imidazole rings is 1. The average molecular weight is 471 g/mol. The van der Waals surface area contributed by atoms with Crippen molar-refractivity contribution < 1.29 is 4.74 Å². The SMILES string of the molecule is CN=C(NCCCCCOC)N(C)Cc1ncc(-c2ccccc2)[nH]1.I. The second-order valence-electron chi connectivity index (χ2n) is 5.99. The van der Waals surface area contributed by atoms with Gasteiger partial charge in [0.2, 0.25) is 0 Å².